The molecule has 2 bridgehead atoms. The standard InChI is InChI=1S/C10H12O2S/c1-9-5-3-7-8(4-6-9)10(7,2)13(9,11)12/h3-8H,1-2H3. The second-order valence-corrected chi connectivity index (χ2v) is 7.41. The van der Waals surface area contributed by atoms with Crippen molar-refractivity contribution >= 4 is 9.84 Å². The largest absolute Gasteiger partial charge is 0.227 e. The van der Waals surface area contributed by atoms with Crippen LogP contribution in [0.25, 0.3) is 0 Å². The zero-order valence-corrected chi connectivity index (χ0v) is 8.51. The van der Waals surface area contributed by atoms with E-state index in [-0.39, 0.29) is 11.8 Å². The molecular weight excluding hydrogens is 184 g/mol. The average molecular weight is 196 g/mol. The zero-order valence-electron chi connectivity index (χ0n) is 7.69. The summed E-state index contributed by atoms with van der Waals surface area (Å²) in [6, 6.07) is 0. The van der Waals surface area contributed by atoms with E-state index in [1.54, 1.807) is 6.92 Å². The highest BCUT2D eigenvalue weighted by Crippen LogP contribution is 2.65. The summed E-state index contributed by atoms with van der Waals surface area (Å²) in [5, 5.41) is 0. The number of hydrogen-bond acceptors (Lipinski definition) is 2. The molecule has 0 amide bonds. The van der Waals surface area contributed by atoms with Crippen molar-refractivity contribution in [1.82, 2.24) is 0 Å². The Morgan fingerprint density at radius 2 is 1.54 bits per heavy atom. The van der Waals surface area contributed by atoms with E-state index in [0.29, 0.717) is 0 Å². The number of fused-ring (bicyclic) bond motifs is 2. The maximum absolute atomic E-state index is 12.2. The number of rotatable bonds is 0. The lowest BCUT2D eigenvalue weighted by atomic mass is 10.1. The first-order valence-corrected chi connectivity index (χ1v) is 6.05. The minimum absolute atomic E-state index is 0.240. The molecule has 1 saturated carbocycles. The molecule has 1 aliphatic carbocycles. The van der Waals surface area contributed by atoms with E-state index >= 15 is 0 Å². The van der Waals surface area contributed by atoms with Gasteiger partial charge in [0.1, 0.15) is 4.75 Å². The van der Waals surface area contributed by atoms with Gasteiger partial charge in [0.15, 0.2) is 9.84 Å². The lowest BCUT2D eigenvalue weighted by Crippen LogP contribution is -2.44. The summed E-state index contributed by atoms with van der Waals surface area (Å²) >= 11 is 0. The summed E-state index contributed by atoms with van der Waals surface area (Å²) in [6.07, 6.45) is 7.84. The molecule has 2 nitrogen and oxygen atoms in total. The van der Waals surface area contributed by atoms with Gasteiger partial charge in [0, 0.05) is 11.8 Å². The minimum Gasteiger partial charge on any atom is -0.227 e. The SMILES string of the molecule is CC12C=CC3C(C=C1)C3(C)S2(=O)=O. The highest BCUT2D eigenvalue weighted by atomic mass is 32.2. The van der Waals surface area contributed by atoms with Crippen LogP contribution in [-0.2, 0) is 9.84 Å². The van der Waals surface area contributed by atoms with Crippen molar-refractivity contribution in [3.8, 4) is 0 Å². The Hall–Kier alpha value is -0.570. The fourth-order valence-electron chi connectivity index (χ4n) is 2.83. The van der Waals surface area contributed by atoms with Crippen molar-refractivity contribution in [2.45, 2.75) is 23.3 Å². The van der Waals surface area contributed by atoms with Gasteiger partial charge in [-0.3, -0.25) is 0 Å². The molecule has 3 heteroatoms. The first-order chi connectivity index (χ1) is 5.93. The third kappa shape index (κ3) is 0.539. The van der Waals surface area contributed by atoms with Gasteiger partial charge in [0.05, 0.1) is 4.75 Å². The second-order valence-electron chi connectivity index (χ2n) is 4.64. The van der Waals surface area contributed by atoms with Crippen molar-refractivity contribution in [3.63, 3.8) is 0 Å². The Morgan fingerprint density at radius 3 is 1.92 bits per heavy atom. The molecule has 2 atom stereocenters. The van der Waals surface area contributed by atoms with Crippen LogP contribution >= 0.6 is 0 Å². The average Bonchev–Trinajstić information content (AvgIpc) is 2.68. The van der Waals surface area contributed by atoms with Crippen LogP contribution in [0.4, 0.5) is 0 Å². The van der Waals surface area contributed by atoms with Gasteiger partial charge in [0.25, 0.3) is 0 Å². The molecule has 0 aromatic rings. The van der Waals surface area contributed by atoms with Gasteiger partial charge in [-0.1, -0.05) is 24.3 Å². The number of hydrogen-bond donors (Lipinski definition) is 0. The third-order valence-electron chi connectivity index (χ3n) is 4.03. The molecule has 0 aromatic carbocycles. The predicted octanol–water partition coefficient (Wildman–Crippen LogP) is 1.30. The smallest absolute Gasteiger partial charge is 0.169 e. The van der Waals surface area contributed by atoms with Crippen LogP contribution in [0.2, 0.25) is 0 Å². The summed E-state index contributed by atoms with van der Waals surface area (Å²) in [5.41, 5.74) is 0. The first-order valence-electron chi connectivity index (χ1n) is 4.56. The van der Waals surface area contributed by atoms with E-state index in [9.17, 15) is 8.42 Å². The summed E-state index contributed by atoms with van der Waals surface area (Å²) in [7, 11) is -3.00. The molecule has 70 valence electrons. The Bertz CT molecular complexity index is 422. The van der Waals surface area contributed by atoms with Gasteiger partial charge in [-0.05, 0) is 13.8 Å². The van der Waals surface area contributed by atoms with E-state index in [4.69, 9.17) is 0 Å². The van der Waals surface area contributed by atoms with E-state index in [1.165, 1.54) is 0 Å². The summed E-state index contributed by atoms with van der Waals surface area (Å²) in [5.74, 6) is 0.480. The van der Waals surface area contributed by atoms with Gasteiger partial charge in [-0.15, -0.1) is 0 Å². The van der Waals surface area contributed by atoms with Crippen LogP contribution in [0.5, 0.6) is 0 Å². The highest BCUT2D eigenvalue weighted by Gasteiger charge is 2.73. The van der Waals surface area contributed by atoms with Gasteiger partial charge in [-0.25, -0.2) is 8.42 Å². The van der Waals surface area contributed by atoms with Gasteiger partial charge in [-0.2, -0.15) is 0 Å². The lowest BCUT2D eigenvalue weighted by Gasteiger charge is -2.32. The third-order valence-corrected chi connectivity index (χ3v) is 7.16. The maximum Gasteiger partial charge on any atom is 0.169 e. The molecule has 2 unspecified atom stereocenters. The normalized spacial score (nSPS) is 59.2. The molecule has 2 aliphatic heterocycles. The first kappa shape index (κ1) is 7.80. The van der Waals surface area contributed by atoms with Crippen molar-refractivity contribution < 1.29 is 8.42 Å². The van der Waals surface area contributed by atoms with Crippen molar-refractivity contribution in [3.05, 3.63) is 24.3 Å². The fourth-order valence-corrected chi connectivity index (χ4v) is 5.39. The van der Waals surface area contributed by atoms with Crippen molar-refractivity contribution in [2.24, 2.45) is 11.8 Å². The van der Waals surface area contributed by atoms with Crippen LogP contribution in [0.15, 0.2) is 24.3 Å². The molecule has 0 aromatic heterocycles. The van der Waals surface area contributed by atoms with Gasteiger partial charge < -0.3 is 0 Å². The van der Waals surface area contributed by atoms with Crippen LogP contribution in [-0.4, -0.2) is 17.9 Å². The van der Waals surface area contributed by atoms with Crippen molar-refractivity contribution in [2.75, 3.05) is 0 Å². The predicted molar refractivity (Wildman–Crippen MR) is 51.0 cm³/mol. The Kier molecular flexibility index (Phi) is 0.991. The lowest BCUT2D eigenvalue weighted by molar-refractivity contribution is 0.553. The van der Waals surface area contributed by atoms with Crippen LogP contribution in [0.3, 0.4) is 0 Å². The molecule has 2 heterocycles. The van der Waals surface area contributed by atoms with Gasteiger partial charge in [0.2, 0.25) is 0 Å². The minimum atomic E-state index is -3.00. The van der Waals surface area contributed by atoms with E-state index in [1.807, 2.05) is 19.1 Å². The van der Waals surface area contributed by atoms with Gasteiger partial charge >= 0.3 is 0 Å². The Labute approximate surface area is 78.3 Å². The summed E-state index contributed by atoms with van der Waals surface area (Å²) in [4.78, 5) is 0. The maximum atomic E-state index is 12.2. The highest BCUT2D eigenvalue weighted by molar-refractivity contribution is 7.95. The molecule has 3 rings (SSSR count). The molecular formula is C10H12O2S. The van der Waals surface area contributed by atoms with Crippen LogP contribution in [0, 0.1) is 11.8 Å². The number of allylic oxidation sites excluding steroid dienone is 2. The van der Waals surface area contributed by atoms with E-state index in [2.05, 4.69) is 12.2 Å². The molecule has 1 fully saturated rings. The molecule has 3 aliphatic rings. The van der Waals surface area contributed by atoms with Crippen LogP contribution < -0.4 is 0 Å². The molecule has 0 spiro atoms. The molecule has 0 saturated heterocycles. The molecule has 0 N–H and O–H groups in total. The Morgan fingerprint density at radius 1 is 1.08 bits per heavy atom. The zero-order chi connectivity index (χ0) is 9.48. The summed E-state index contributed by atoms with van der Waals surface area (Å²) in [6.45, 7) is 3.66. The second kappa shape index (κ2) is 1.65. The Balaban J connectivity index is 2.41. The molecule has 0 radical (unpaired) electrons. The van der Waals surface area contributed by atoms with Crippen LogP contribution in [0.1, 0.15) is 13.8 Å². The van der Waals surface area contributed by atoms with E-state index < -0.39 is 19.3 Å². The fraction of sp³-hybridized carbons (Fsp3) is 0.600. The topological polar surface area (TPSA) is 34.1 Å². The monoisotopic (exact) mass is 196 g/mol. The van der Waals surface area contributed by atoms with Crippen molar-refractivity contribution in [1.29, 1.82) is 0 Å². The number of sulfone groups is 1. The quantitative estimate of drug-likeness (QED) is 0.547. The molecule has 13 heavy (non-hydrogen) atoms. The van der Waals surface area contributed by atoms with E-state index in [0.717, 1.165) is 0 Å². The summed E-state index contributed by atoms with van der Waals surface area (Å²) < 4.78 is 23.1.